The molecule has 2 aliphatic heterocycles. The zero-order valence-corrected chi connectivity index (χ0v) is 19.3. The molecule has 3 aliphatic rings. The van der Waals surface area contributed by atoms with Crippen molar-refractivity contribution in [1.29, 1.82) is 0 Å². The fraction of sp³-hybridized carbons (Fsp3) is 0.429. The summed E-state index contributed by atoms with van der Waals surface area (Å²) in [5.41, 5.74) is 3.93. The first-order valence-corrected chi connectivity index (χ1v) is 12.2. The van der Waals surface area contributed by atoms with Gasteiger partial charge < -0.3 is 14.5 Å². The normalized spacial score (nSPS) is 24.0. The van der Waals surface area contributed by atoms with Crippen molar-refractivity contribution in [1.82, 2.24) is 9.80 Å². The summed E-state index contributed by atoms with van der Waals surface area (Å²) in [4.78, 5) is 30.0. The van der Waals surface area contributed by atoms with Gasteiger partial charge >= 0.3 is 0 Å². The number of amides is 2. The fourth-order valence-corrected chi connectivity index (χ4v) is 5.35. The van der Waals surface area contributed by atoms with E-state index in [-0.39, 0.29) is 24.0 Å². The Bertz CT molecular complexity index is 1050. The maximum absolute atomic E-state index is 13.5. The van der Waals surface area contributed by atoms with Crippen molar-refractivity contribution in [3.05, 3.63) is 76.5 Å². The predicted octanol–water partition coefficient (Wildman–Crippen LogP) is 4.94. The highest BCUT2D eigenvalue weighted by molar-refractivity contribution is 5.97. The Morgan fingerprint density at radius 3 is 2.55 bits per heavy atom. The molecule has 172 valence electrons. The van der Waals surface area contributed by atoms with Crippen LogP contribution in [0.15, 0.2) is 54.3 Å². The minimum atomic E-state index is -0.0446. The second-order valence-corrected chi connectivity index (χ2v) is 9.56. The van der Waals surface area contributed by atoms with Crippen molar-refractivity contribution < 1.29 is 14.3 Å². The first-order chi connectivity index (χ1) is 16.1. The molecule has 5 nitrogen and oxygen atoms in total. The van der Waals surface area contributed by atoms with E-state index >= 15 is 0 Å². The molecule has 2 saturated heterocycles. The number of hydrogen-bond acceptors (Lipinski definition) is 3. The van der Waals surface area contributed by atoms with Gasteiger partial charge in [-0.2, -0.15) is 0 Å². The predicted molar refractivity (Wildman–Crippen MR) is 128 cm³/mol. The Morgan fingerprint density at radius 1 is 1.03 bits per heavy atom. The van der Waals surface area contributed by atoms with Crippen LogP contribution in [-0.4, -0.2) is 46.8 Å². The highest BCUT2D eigenvalue weighted by Crippen LogP contribution is 2.34. The molecule has 2 heterocycles. The van der Waals surface area contributed by atoms with Gasteiger partial charge in [0, 0.05) is 25.2 Å². The van der Waals surface area contributed by atoms with Crippen LogP contribution in [0.25, 0.3) is 6.08 Å². The third kappa shape index (κ3) is 4.68. The first kappa shape index (κ1) is 21.7. The van der Waals surface area contributed by atoms with Crippen LogP contribution in [0.2, 0.25) is 0 Å². The molecule has 33 heavy (non-hydrogen) atoms. The smallest absolute Gasteiger partial charge is 0.289 e. The Hall–Kier alpha value is -3.08. The van der Waals surface area contributed by atoms with E-state index in [9.17, 15) is 9.59 Å². The molecule has 0 bridgehead atoms. The molecule has 5 rings (SSSR count). The standard InChI is InChI=1S/C28H32N2O3/c1-20-7-6-8-22(17-20)19-30-24-9-2-3-10-25(24)33-26(28(30)32)18-21-11-13-23(14-12-21)27(31)29-15-4-5-16-29/h6-8,11-14,17-18,24-25H,2-5,9-10,15-16,19H2,1H3/b26-18+. The molecule has 2 atom stereocenters. The number of hydrogen-bond donors (Lipinski definition) is 0. The van der Waals surface area contributed by atoms with Crippen molar-refractivity contribution in [2.24, 2.45) is 0 Å². The molecule has 5 heteroatoms. The number of nitrogens with zero attached hydrogens (tertiary/aromatic N) is 2. The number of fused-ring (bicyclic) bond motifs is 1. The van der Waals surface area contributed by atoms with E-state index in [0.717, 1.165) is 62.7 Å². The zero-order chi connectivity index (χ0) is 22.8. The highest BCUT2D eigenvalue weighted by Gasteiger charge is 2.41. The number of carbonyl (C=O) groups excluding carboxylic acids is 2. The molecule has 0 spiro atoms. The van der Waals surface area contributed by atoms with Crippen LogP contribution in [0.4, 0.5) is 0 Å². The summed E-state index contributed by atoms with van der Waals surface area (Å²) in [5, 5.41) is 0. The Balaban J connectivity index is 1.37. The van der Waals surface area contributed by atoms with E-state index in [1.165, 1.54) is 5.56 Å². The van der Waals surface area contributed by atoms with Gasteiger partial charge in [-0.1, -0.05) is 48.4 Å². The third-order valence-corrected chi connectivity index (χ3v) is 7.10. The molecule has 3 fully saturated rings. The van der Waals surface area contributed by atoms with Crippen LogP contribution in [0.3, 0.4) is 0 Å². The third-order valence-electron chi connectivity index (χ3n) is 7.10. The van der Waals surface area contributed by atoms with Gasteiger partial charge in [-0.3, -0.25) is 9.59 Å². The Labute approximate surface area is 196 Å². The summed E-state index contributed by atoms with van der Waals surface area (Å²) in [5.74, 6) is 0.451. The van der Waals surface area contributed by atoms with Crippen molar-refractivity contribution >= 4 is 17.9 Å². The van der Waals surface area contributed by atoms with Crippen LogP contribution in [0, 0.1) is 6.92 Å². The molecule has 2 amide bonds. The SMILES string of the molecule is Cc1cccc(CN2C(=O)/C(=C\c3ccc(C(=O)N4CCCC4)cc3)OC3CCCCC32)c1. The lowest BCUT2D eigenvalue weighted by Gasteiger charge is -2.44. The molecule has 2 aromatic carbocycles. The molecule has 0 N–H and O–H groups in total. The van der Waals surface area contributed by atoms with Crippen LogP contribution in [0.1, 0.15) is 65.6 Å². The van der Waals surface area contributed by atoms with E-state index in [4.69, 9.17) is 4.74 Å². The van der Waals surface area contributed by atoms with Gasteiger partial charge in [0.05, 0.1) is 6.04 Å². The van der Waals surface area contributed by atoms with E-state index in [1.807, 2.05) is 40.1 Å². The quantitative estimate of drug-likeness (QED) is 0.628. The molecule has 1 aliphatic carbocycles. The van der Waals surface area contributed by atoms with Gasteiger partial charge in [-0.15, -0.1) is 0 Å². The van der Waals surface area contributed by atoms with Crippen molar-refractivity contribution in [2.45, 2.75) is 64.1 Å². The van der Waals surface area contributed by atoms with Crippen LogP contribution in [0.5, 0.6) is 0 Å². The number of likely N-dealkylation sites (tertiary alicyclic amines) is 1. The molecule has 2 unspecified atom stereocenters. The summed E-state index contributed by atoms with van der Waals surface area (Å²) in [7, 11) is 0. The molecule has 1 saturated carbocycles. The minimum Gasteiger partial charge on any atom is -0.482 e. The molecule has 0 radical (unpaired) electrons. The summed E-state index contributed by atoms with van der Waals surface area (Å²) in [6.07, 6.45) is 8.27. The van der Waals surface area contributed by atoms with Gasteiger partial charge in [0.15, 0.2) is 5.76 Å². The highest BCUT2D eigenvalue weighted by atomic mass is 16.5. The molecular formula is C28H32N2O3. The lowest BCUT2D eigenvalue weighted by molar-refractivity contribution is -0.149. The van der Waals surface area contributed by atoms with Crippen molar-refractivity contribution in [3.63, 3.8) is 0 Å². The average Bonchev–Trinajstić information content (AvgIpc) is 3.37. The summed E-state index contributed by atoms with van der Waals surface area (Å²) < 4.78 is 6.25. The minimum absolute atomic E-state index is 0.0446. The lowest BCUT2D eigenvalue weighted by Crippen LogP contribution is -2.54. The van der Waals surface area contributed by atoms with Gasteiger partial charge in [-0.05, 0) is 68.4 Å². The van der Waals surface area contributed by atoms with Crippen molar-refractivity contribution in [3.8, 4) is 0 Å². The first-order valence-electron chi connectivity index (χ1n) is 12.2. The maximum Gasteiger partial charge on any atom is 0.289 e. The van der Waals surface area contributed by atoms with Crippen LogP contribution >= 0.6 is 0 Å². The Kier molecular flexibility index (Phi) is 6.21. The lowest BCUT2D eigenvalue weighted by atomic mass is 9.89. The Morgan fingerprint density at radius 2 is 1.79 bits per heavy atom. The topological polar surface area (TPSA) is 49.9 Å². The van der Waals surface area contributed by atoms with Gasteiger partial charge in [-0.25, -0.2) is 0 Å². The summed E-state index contributed by atoms with van der Waals surface area (Å²) in [6, 6.07) is 16.0. The van der Waals surface area contributed by atoms with Gasteiger partial charge in [0.1, 0.15) is 6.10 Å². The van der Waals surface area contributed by atoms with E-state index < -0.39 is 0 Å². The number of morpholine rings is 1. The average molecular weight is 445 g/mol. The monoisotopic (exact) mass is 444 g/mol. The number of carbonyl (C=O) groups is 2. The molecular weight excluding hydrogens is 412 g/mol. The van der Waals surface area contributed by atoms with Crippen LogP contribution < -0.4 is 0 Å². The van der Waals surface area contributed by atoms with Crippen LogP contribution in [-0.2, 0) is 16.1 Å². The fourth-order valence-electron chi connectivity index (χ4n) is 5.35. The molecule has 0 aromatic heterocycles. The number of aryl methyl sites for hydroxylation is 1. The van der Waals surface area contributed by atoms with Crippen molar-refractivity contribution in [2.75, 3.05) is 13.1 Å². The zero-order valence-electron chi connectivity index (χ0n) is 19.3. The van der Waals surface area contributed by atoms with E-state index in [2.05, 4.69) is 31.2 Å². The second kappa shape index (κ2) is 9.42. The van der Waals surface area contributed by atoms with Gasteiger partial charge in [0.2, 0.25) is 0 Å². The summed E-state index contributed by atoms with van der Waals surface area (Å²) in [6.45, 7) is 4.36. The van der Waals surface area contributed by atoms with E-state index in [0.29, 0.717) is 17.9 Å². The van der Waals surface area contributed by atoms with E-state index in [1.54, 1.807) is 0 Å². The summed E-state index contributed by atoms with van der Waals surface area (Å²) >= 11 is 0. The number of ether oxygens (including phenoxy) is 1. The number of benzene rings is 2. The maximum atomic E-state index is 13.5. The second-order valence-electron chi connectivity index (χ2n) is 9.56. The molecule has 2 aromatic rings. The largest absolute Gasteiger partial charge is 0.482 e. The van der Waals surface area contributed by atoms with Gasteiger partial charge in [0.25, 0.3) is 11.8 Å². The number of rotatable bonds is 4.